The summed E-state index contributed by atoms with van der Waals surface area (Å²) in [5.41, 5.74) is 0. The number of hydrogen-bond acceptors (Lipinski definition) is 1. The van der Waals surface area contributed by atoms with Crippen LogP contribution in [0.4, 0.5) is 0 Å². The van der Waals surface area contributed by atoms with Gasteiger partial charge in [-0.1, -0.05) is 18.2 Å². The molecule has 0 aromatic heterocycles. The maximum Gasteiger partial charge on any atom is 0.173 e. The third kappa shape index (κ3) is 2.68. The molecule has 3 heteroatoms. The highest BCUT2D eigenvalue weighted by atomic mass is 35.5. The van der Waals surface area contributed by atoms with Crippen LogP contribution in [0.15, 0.2) is 24.3 Å². The Labute approximate surface area is 75.7 Å². The molecule has 0 fully saturated rings. The number of ketones is 1. The lowest BCUT2D eigenvalue weighted by Crippen LogP contribution is -2.16. The first-order valence-corrected chi connectivity index (χ1v) is 4.24. The van der Waals surface area contributed by atoms with Gasteiger partial charge in [-0.15, -0.1) is 23.2 Å². The Kier molecular flexibility index (Phi) is 3.16. The van der Waals surface area contributed by atoms with Crippen LogP contribution in [-0.2, 0) is 4.79 Å². The summed E-state index contributed by atoms with van der Waals surface area (Å²) in [7, 11) is 0. The predicted octanol–water partition coefficient (Wildman–Crippen LogP) is 2.29. The molecular weight excluding hydrogens is 183 g/mol. The number of alkyl halides is 2. The molecule has 2 atom stereocenters. The van der Waals surface area contributed by atoms with Gasteiger partial charge in [-0.05, 0) is 12.5 Å². The van der Waals surface area contributed by atoms with E-state index in [1.807, 2.05) is 6.08 Å². The van der Waals surface area contributed by atoms with Gasteiger partial charge in [0.1, 0.15) is 0 Å². The van der Waals surface area contributed by atoms with Crippen molar-refractivity contribution in [1.29, 1.82) is 0 Å². The van der Waals surface area contributed by atoms with Gasteiger partial charge in [-0.3, -0.25) is 4.79 Å². The van der Waals surface area contributed by atoms with Crippen LogP contribution in [0, 0.1) is 0 Å². The van der Waals surface area contributed by atoms with E-state index in [1.165, 1.54) is 6.08 Å². The van der Waals surface area contributed by atoms with E-state index >= 15 is 0 Å². The molecule has 2 unspecified atom stereocenters. The van der Waals surface area contributed by atoms with Gasteiger partial charge < -0.3 is 0 Å². The Bertz CT molecular complexity index is 208. The second kappa shape index (κ2) is 3.93. The standard InChI is InChI=1S/C8H8Cl2O/c9-6-3-1-2-4-8(11)7(10)5-6/h1-4,6-7H,5H2/b3-1-,4-2-. The second-order valence-corrected chi connectivity index (χ2v) is 3.45. The molecule has 0 aromatic rings. The predicted molar refractivity (Wildman–Crippen MR) is 47.2 cm³/mol. The highest BCUT2D eigenvalue weighted by molar-refractivity contribution is 6.33. The van der Waals surface area contributed by atoms with Crippen molar-refractivity contribution >= 4 is 29.0 Å². The van der Waals surface area contributed by atoms with Crippen LogP contribution in [0.5, 0.6) is 0 Å². The Morgan fingerprint density at radius 3 is 2.82 bits per heavy atom. The van der Waals surface area contributed by atoms with Crippen molar-refractivity contribution in [3.63, 3.8) is 0 Å². The molecule has 0 saturated heterocycles. The van der Waals surface area contributed by atoms with Crippen LogP contribution in [0.3, 0.4) is 0 Å². The number of carbonyl (C=O) groups excluding carboxylic acids is 1. The molecular formula is C8H8Cl2O. The first kappa shape index (κ1) is 8.82. The van der Waals surface area contributed by atoms with E-state index in [1.54, 1.807) is 12.2 Å². The van der Waals surface area contributed by atoms with Gasteiger partial charge in [-0.25, -0.2) is 0 Å². The summed E-state index contributed by atoms with van der Waals surface area (Å²) in [6.45, 7) is 0. The minimum atomic E-state index is -0.473. The van der Waals surface area contributed by atoms with Gasteiger partial charge in [0.25, 0.3) is 0 Å². The average molecular weight is 191 g/mol. The molecule has 0 aliphatic heterocycles. The van der Waals surface area contributed by atoms with Crippen LogP contribution in [-0.4, -0.2) is 16.5 Å². The normalized spacial score (nSPS) is 37.5. The summed E-state index contributed by atoms with van der Waals surface area (Å²) >= 11 is 11.5. The topological polar surface area (TPSA) is 17.1 Å². The molecule has 0 radical (unpaired) electrons. The molecule has 0 heterocycles. The van der Waals surface area contributed by atoms with Crippen LogP contribution >= 0.6 is 23.2 Å². The lowest BCUT2D eigenvalue weighted by Gasteiger charge is -2.09. The molecule has 0 N–H and O–H groups in total. The van der Waals surface area contributed by atoms with Crippen molar-refractivity contribution in [3.05, 3.63) is 24.3 Å². The minimum Gasteiger partial charge on any atom is -0.293 e. The van der Waals surface area contributed by atoms with Gasteiger partial charge in [0.2, 0.25) is 0 Å². The molecule has 1 nitrogen and oxygen atoms in total. The number of allylic oxidation sites excluding steroid dienone is 4. The third-order valence-electron chi connectivity index (χ3n) is 1.43. The highest BCUT2D eigenvalue weighted by Crippen LogP contribution is 2.15. The number of hydrogen-bond donors (Lipinski definition) is 0. The maximum absolute atomic E-state index is 11.0. The fraction of sp³-hybridized carbons (Fsp3) is 0.375. The zero-order chi connectivity index (χ0) is 8.27. The van der Waals surface area contributed by atoms with E-state index in [-0.39, 0.29) is 11.2 Å². The quantitative estimate of drug-likeness (QED) is 0.537. The average Bonchev–Trinajstić information content (AvgIpc) is 1.95. The summed E-state index contributed by atoms with van der Waals surface area (Å²) in [6.07, 6.45) is 7.21. The zero-order valence-electron chi connectivity index (χ0n) is 5.84. The van der Waals surface area contributed by atoms with Gasteiger partial charge in [-0.2, -0.15) is 0 Å². The van der Waals surface area contributed by atoms with Crippen molar-refractivity contribution in [2.24, 2.45) is 0 Å². The number of carbonyl (C=O) groups is 1. The Morgan fingerprint density at radius 1 is 1.36 bits per heavy atom. The molecule has 0 amide bonds. The summed E-state index contributed by atoms with van der Waals surface area (Å²) in [5, 5.41) is -0.606. The number of halogens is 2. The van der Waals surface area contributed by atoms with E-state index < -0.39 is 5.38 Å². The molecule has 1 aliphatic rings. The van der Waals surface area contributed by atoms with E-state index in [4.69, 9.17) is 23.2 Å². The Balaban J connectivity index is 2.72. The smallest absolute Gasteiger partial charge is 0.173 e. The lowest BCUT2D eigenvalue weighted by atomic mass is 10.1. The monoisotopic (exact) mass is 190 g/mol. The molecule has 0 aromatic carbocycles. The lowest BCUT2D eigenvalue weighted by molar-refractivity contribution is -0.114. The van der Waals surface area contributed by atoms with Crippen LogP contribution in [0.1, 0.15) is 6.42 Å². The molecule has 0 saturated carbocycles. The summed E-state index contributed by atoms with van der Waals surface area (Å²) in [5.74, 6) is -0.0679. The van der Waals surface area contributed by atoms with Crippen molar-refractivity contribution in [1.82, 2.24) is 0 Å². The SMILES string of the molecule is O=C1/C=C\C=C/C(Cl)CC1Cl. The van der Waals surface area contributed by atoms with Crippen LogP contribution < -0.4 is 0 Å². The summed E-state index contributed by atoms with van der Waals surface area (Å²) in [4.78, 5) is 11.0. The van der Waals surface area contributed by atoms with Crippen molar-refractivity contribution < 1.29 is 4.79 Å². The van der Waals surface area contributed by atoms with Crippen LogP contribution in [0.25, 0.3) is 0 Å². The molecule has 0 spiro atoms. The van der Waals surface area contributed by atoms with Gasteiger partial charge in [0.05, 0.1) is 10.8 Å². The van der Waals surface area contributed by atoms with E-state index in [0.29, 0.717) is 6.42 Å². The first-order chi connectivity index (χ1) is 5.20. The first-order valence-electron chi connectivity index (χ1n) is 3.37. The summed E-state index contributed by atoms with van der Waals surface area (Å²) < 4.78 is 0. The van der Waals surface area contributed by atoms with Crippen molar-refractivity contribution in [3.8, 4) is 0 Å². The second-order valence-electron chi connectivity index (χ2n) is 2.37. The Morgan fingerprint density at radius 2 is 2.09 bits per heavy atom. The van der Waals surface area contributed by atoms with Crippen LogP contribution in [0.2, 0.25) is 0 Å². The highest BCUT2D eigenvalue weighted by Gasteiger charge is 2.16. The minimum absolute atomic E-state index is 0.0679. The van der Waals surface area contributed by atoms with Crippen molar-refractivity contribution in [2.45, 2.75) is 17.2 Å². The van der Waals surface area contributed by atoms with Gasteiger partial charge in [0, 0.05) is 0 Å². The molecule has 1 aliphatic carbocycles. The largest absolute Gasteiger partial charge is 0.293 e. The van der Waals surface area contributed by atoms with Gasteiger partial charge >= 0.3 is 0 Å². The fourth-order valence-electron chi connectivity index (χ4n) is 0.832. The summed E-state index contributed by atoms with van der Waals surface area (Å²) in [6, 6.07) is 0. The molecule has 60 valence electrons. The van der Waals surface area contributed by atoms with E-state index in [9.17, 15) is 4.79 Å². The number of rotatable bonds is 0. The Hall–Kier alpha value is -0.270. The zero-order valence-corrected chi connectivity index (χ0v) is 7.35. The van der Waals surface area contributed by atoms with E-state index in [2.05, 4.69) is 0 Å². The maximum atomic E-state index is 11.0. The van der Waals surface area contributed by atoms with Crippen molar-refractivity contribution in [2.75, 3.05) is 0 Å². The molecule has 0 bridgehead atoms. The van der Waals surface area contributed by atoms with Gasteiger partial charge in [0.15, 0.2) is 5.78 Å². The van der Waals surface area contributed by atoms with E-state index in [0.717, 1.165) is 0 Å². The molecule has 11 heavy (non-hydrogen) atoms. The molecule has 1 rings (SSSR count). The fourth-order valence-corrected chi connectivity index (χ4v) is 1.45. The third-order valence-corrected chi connectivity index (χ3v) is 2.15.